The zero-order valence-corrected chi connectivity index (χ0v) is 12.8. The van der Waals surface area contributed by atoms with Crippen molar-refractivity contribution in [3.63, 3.8) is 0 Å². The van der Waals surface area contributed by atoms with Gasteiger partial charge in [0.25, 0.3) is 0 Å². The Labute approximate surface area is 117 Å². The van der Waals surface area contributed by atoms with E-state index in [0.717, 1.165) is 32.5 Å². The van der Waals surface area contributed by atoms with Crippen LogP contribution in [0, 0.1) is 6.92 Å². The Bertz CT molecular complexity index is 414. The summed E-state index contributed by atoms with van der Waals surface area (Å²) in [6.45, 7) is 11.9. The van der Waals surface area contributed by atoms with E-state index in [0.29, 0.717) is 6.10 Å². The fourth-order valence-electron chi connectivity index (χ4n) is 2.53. The molecule has 0 aliphatic carbocycles. The van der Waals surface area contributed by atoms with Crippen molar-refractivity contribution in [1.82, 2.24) is 5.32 Å². The Morgan fingerprint density at radius 1 is 1.32 bits per heavy atom. The van der Waals surface area contributed by atoms with Crippen molar-refractivity contribution in [2.75, 3.05) is 19.7 Å². The first kappa shape index (κ1) is 14.5. The molecule has 1 saturated heterocycles. The number of hydrogen-bond acceptors (Lipinski definition) is 2. The summed E-state index contributed by atoms with van der Waals surface area (Å²) in [5.74, 6) is 0. The number of morpholine rings is 1. The minimum Gasteiger partial charge on any atom is -0.376 e. The molecule has 2 rings (SSSR count). The smallest absolute Gasteiger partial charge is 0.0703 e. The normalized spacial score (nSPS) is 20.5. The quantitative estimate of drug-likeness (QED) is 0.902. The maximum atomic E-state index is 5.77. The van der Waals surface area contributed by atoms with Crippen LogP contribution in [-0.4, -0.2) is 25.8 Å². The molecule has 0 amide bonds. The first-order valence-electron chi connectivity index (χ1n) is 7.39. The molecule has 0 spiro atoms. The third-order valence-electron chi connectivity index (χ3n) is 3.96. The van der Waals surface area contributed by atoms with Gasteiger partial charge in [0.15, 0.2) is 0 Å². The molecule has 0 saturated carbocycles. The number of hydrogen-bond donors (Lipinski definition) is 1. The molecule has 0 aromatic heterocycles. The van der Waals surface area contributed by atoms with Crippen molar-refractivity contribution in [2.24, 2.45) is 0 Å². The molecule has 1 aliphatic rings. The Morgan fingerprint density at radius 2 is 2.11 bits per heavy atom. The van der Waals surface area contributed by atoms with Crippen molar-refractivity contribution >= 4 is 0 Å². The fraction of sp³-hybridized carbons (Fsp3) is 0.647. The molecule has 1 heterocycles. The molecule has 2 heteroatoms. The largest absolute Gasteiger partial charge is 0.376 e. The molecular formula is C17H27NO. The number of nitrogens with one attached hydrogen (secondary N) is 1. The molecule has 1 N–H and O–H groups in total. The van der Waals surface area contributed by atoms with Crippen LogP contribution in [0.25, 0.3) is 0 Å². The van der Waals surface area contributed by atoms with Crippen LogP contribution in [0.3, 0.4) is 0 Å². The third kappa shape index (κ3) is 4.05. The SMILES string of the molecule is Cc1ccc(C(C)(C)C)cc1CCC1CNCCO1. The first-order chi connectivity index (χ1) is 8.97. The summed E-state index contributed by atoms with van der Waals surface area (Å²) < 4.78 is 5.77. The summed E-state index contributed by atoms with van der Waals surface area (Å²) in [5, 5.41) is 3.40. The van der Waals surface area contributed by atoms with Gasteiger partial charge in [-0.2, -0.15) is 0 Å². The van der Waals surface area contributed by atoms with E-state index >= 15 is 0 Å². The van der Waals surface area contributed by atoms with Gasteiger partial charge in [0.05, 0.1) is 12.7 Å². The number of ether oxygens (including phenoxy) is 1. The van der Waals surface area contributed by atoms with E-state index in [4.69, 9.17) is 4.74 Å². The summed E-state index contributed by atoms with van der Waals surface area (Å²) in [6.07, 6.45) is 2.61. The van der Waals surface area contributed by atoms with Gasteiger partial charge in [0, 0.05) is 13.1 Å². The zero-order chi connectivity index (χ0) is 13.9. The average molecular weight is 261 g/mol. The van der Waals surface area contributed by atoms with Gasteiger partial charge in [0.2, 0.25) is 0 Å². The van der Waals surface area contributed by atoms with Gasteiger partial charge in [-0.15, -0.1) is 0 Å². The van der Waals surface area contributed by atoms with E-state index in [2.05, 4.69) is 51.2 Å². The van der Waals surface area contributed by atoms with Crippen LogP contribution in [0.15, 0.2) is 18.2 Å². The Kier molecular flexibility index (Phi) is 4.64. The summed E-state index contributed by atoms with van der Waals surface area (Å²) >= 11 is 0. The molecule has 2 nitrogen and oxygen atoms in total. The number of aryl methyl sites for hydroxylation is 2. The summed E-state index contributed by atoms with van der Waals surface area (Å²) in [7, 11) is 0. The lowest BCUT2D eigenvalue weighted by molar-refractivity contribution is 0.0238. The monoisotopic (exact) mass is 261 g/mol. The van der Waals surface area contributed by atoms with E-state index in [1.54, 1.807) is 0 Å². The topological polar surface area (TPSA) is 21.3 Å². The van der Waals surface area contributed by atoms with Crippen LogP contribution in [0.5, 0.6) is 0 Å². The second-order valence-electron chi connectivity index (χ2n) is 6.63. The second-order valence-corrected chi connectivity index (χ2v) is 6.63. The fourth-order valence-corrected chi connectivity index (χ4v) is 2.53. The van der Waals surface area contributed by atoms with Gasteiger partial charge in [-0.3, -0.25) is 0 Å². The lowest BCUT2D eigenvalue weighted by Gasteiger charge is -2.24. The van der Waals surface area contributed by atoms with E-state index in [-0.39, 0.29) is 5.41 Å². The first-order valence-corrected chi connectivity index (χ1v) is 7.39. The van der Waals surface area contributed by atoms with Crippen molar-refractivity contribution in [3.05, 3.63) is 34.9 Å². The molecule has 1 aliphatic heterocycles. The predicted molar refractivity (Wildman–Crippen MR) is 80.8 cm³/mol. The maximum absolute atomic E-state index is 5.77. The van der Waals surface area contributed by atoms with E-state index in [1.165, 1.54) is 16.7 Å². The van der Waals surface area contributed by atoms with Gasteiger partial charge >= 0.3 is 0 Å². The molecule has 1 aromatic carbocycles. The zero-order valence-electron chi connectivity index (χ0n) is 12.8. The molecule has 19 heavy (non-hydrogen) atoms. The van der Waals surface area contributed by atoms with Crippen LogP contribution in [0.2, 0.25) is 0 Å². The van der Waals surface area contributed by atoms with Gasteiger partial charge in [-0.1, -0.05) is 39.0 Å². The van der Waals surface area contributed by atoms with Crippen molar-refractivity contribution in [1.29, 1.82) is 0 Å². The Hall–Kier alpha value is -0.860. The average Bonchev–Trinajstić information content (AvgIpc) is 2.37. The van der Waals surface area contributed by atoms with Crippen LogP contribution < -0.4 is 5.32 Å². The molecule has 1 atom stereocenters. The number of rotatable bonds is 3. The van der Waals surface area contributed by atoms with E-state index in [9.17, 15) is 0 Å². The Balaban J connectivity index is 2.02. The van der Waals surface area contributed by atoms with Crippen LogP contribution >= 0.6 is 0 Å². The highest BCUT2D eigenvalue weighted by Gasteiger charge is 2.16. The second kappa shape index (κ2) is 6.06. The maximum Gasteiger partial charge on any atom is 0.0703 e. The van der Waals surface area contributed by atoms with Crippen LogP contribution in [0.1, 0.15) is 43.9 Å². The minimum absolute atomic E-state index is 0.228. The standard InChI is InChI=1S/C17H27NO/c1-13-5-7-15(17(2,3)4)11-14(13)6-8-16-12-18-9-10-19-16/h5,7,11,16,18H,6,8-10,12H2,1-4H3. The third-order valence-corrected chi connectivity index (χ3v) is 3.96. The predicted octanol–water partition coefficient (Wildman–Crippen LogP) is 3.21. The Morgan fingerprint density at radius 3 is 2.74 bits per heavy atom. The lowest BCUT2D eigenvalue weighted by atomic mass is 9.84. The van der Waals surface area contributed by atoms with Crippen molar-refractivity contribution in [3.8, 4) is 0 Å². The van der Waals surface area contributed by atoms with Gasteiger partial charge in [-0.05, 0) is 41.9 Å². The molecule has 1 unspecified atom stereocenters. The van der Waals surface area contributed by atoms with E-state index in [1.807, 2.05) is 0 Å². The van der Waals surface area contributed by atoms with Crippen molar-refractivity contribution < 1.29 is 4.74 Å². The molecule has 1 fully saturated rings. The van der Waals surface area contributed by atoms with Crippen LogP contribution in [0.4, 0.5) is 0 Å². The van der Waals surface area contributed by atoms with Crippen LogP contribution in [-0.2, 0) is 16.6 Å². The van der Waals surface area contributed by atoms with Crippen molar-refractivity contribution in [2.45, 2.75) is 52.1 Å². The van der Waals surface area contributed by atoms with E-state index < -0.39 is 0 Å². The minimum atomic E-state index is 0.228. The molecular weight excluding hydrogens is 234 g/mol. The number of benzene rings is 1. The van der Waals surface area contributed by atoms with Gasteiger partial charge in [-0.25, -0.2) is 0 Å². The lowest BCUT2D eigenvalue weighted by Crippen LogP contribution is -2.38. The molecule has 106 valence electrons. The molecule has 0 bridgehead atoms. The molecule has 0 radical (unpaired) electrons. The highest BCUT2D eigenvalue weighted by Crippen LogP contribution is 2.25. The molecule has 1 aromatic rings. The summed E-state index contributed by atoms with van der Waals surface area (Å²) in [6, 6.07) is 6.90. The summed E-state index contributed by atoms with van der Waals surface area (Å²) in [4.78, 5) is 0. The summed E-state index contributed by atoms with van der Waals surface area (Å²) in [5.41, 5.74) is 4.53. The van der Waals surface area contributed by atoms with Gasteiger partial charge < -0.3 is 10.1 Å². The van der Waals surface area contributed by atoms with Gasteiger partial charge in [0.1, 0.15) is 0 Å². The highest BCUT2D eigenvalue weighted by molar-refractivity contribution is 5.34. The highest BCUT2D eigenvalue weighted by atomic mass is 16.5.